The Bertz CT molecular complexity index is 691. The second-order valence-corrected chi connectivity index (χ2v) is 5.85. The lowest BCUT2D eigenvalue weighted by Gasteiger charge is -2.23. The van der Waals surface area contributed by atoms with Gasteiger partial charge in [0.05, 0.1) is 4.47 Å². The first-order valence-corrected chi connectivity index (χ1v) is 7.34. The zero-order chi connectivity index (χ0) is 15.6. The van der Waals surface area contributed by atoms with Gasteiger partial charge in [-0.3, -0.25) is 0 Å². The van der Waals surface area contributed by atoms with Crippen molar-refractivity contribution in [2.45, 2.75) is 6.54 Å². The minimum absolute atomic E-state index is 0.00961. The Morgan fingerprint density at radius 2 is 1.90 bits per heavy atom. The van der Waals surface area contributed by atoms with Crippen LogP contribution in [0.25, 0.3) is 0 Å². The van der Waals surface area contributed by atoms with E-state index in [1.54, 1.807) is 18.0 Å². The second kappa shape index (κ2) is 6.49. The highest BCUT2D eigenvalue weighted by atomic mass is 79.9. The molecule has 21 heavy (non-hydrogen) atoms. The molecule has 0 saturated heterocycles. The van der Waals surface area contributed by atoms with Crippen LogP contribution in [0.4, 0.5) is 14.5 Å². The van der Waals surface area contributed by atoms with Gasteiger partial charge >= 0.3 is 0 Å². The van der Waals surface area contributed by atoms with Crippen molar-refractivity contribution in [2.24, 2.45) is 5.73 Å². The quantitative estimate of drug-likeness (QED) is 0.651. The van der Waals surface area contributed by atoms with E-state index in [9.17, 15) is 8.78 Å². The number of benzene rings is 2. The topological polar surface area (TPSA) is 29.3 Å². The van der Waals surface area contributed by atoms with E-state index in [0.29, 0.717) is 5.56 Å². The van der Waals surface area contributed by atoms with E-state index in [-0.39, 0.29) is 21.6 Å². The summed E-state index contributed by atoms with van der Waals surface area (Å²) in [5.74, 6) is -1.19. The summed E-state index contributed by atoms with van der Waals surface area (Å²) in [7, 11) is 1.73. The molecule has 0 heterocycles. The minimum atomic E-state index is -0.602. The Balaban J connectivity index is 2.37. The van der Waals surface area contributed by atoms with Crippen molar-refractivity contribution >= 4 is 38.8 Å². The highest BCUT2D eigenvalue weighted by Gasteiger charge is 2.16. The summed E-state index contributed by atoms with van der Waals surface area (Å²) in [4.78, 5) is 1.95. The molecule has 0 amide bonds. The van der Waals surface area contributed by atoms with Crippen LogP contribution in [0.5, 0.6) is 0 Å². The summed E-state index contributed by atoms with van der Waals surface area (Å²) in [5, 5.41) is 0. The number of rotatable bonds is 4. The van der Waals surface area contributed by atoms with Gasteiger partial charge in [-0.25, -0.2) is 8.78 Å². The van der Waals surface area contributed by atoms with E-state index in [1.165, 1.54) is 12.1 Å². The average Bonchev–Trinajstić information content (AvgIpc) is 2.47. The molecule has 6 heteroatoms. The maximum Gasteiger partial charge on any atom is 0.145 e. The maximum absolute atomic E-state index is 14.0. The number of para-hydroxylation sites is 1. The number of hydrogen-bond acceptors (Lipinski definition) is 2. The van der Waals surface area contributed by atoms with E-state index in [1.807, 2.05) is 18.2 Å². The molecule has 0 aliphatic rings. The first-order valence-electron chi connectivity index (χ1n) is 6.14. The molecule has 0 unspecified atom stereocenters. The van der Waals surface area contributed by atoms with Gasteiger partial charge in [0.1, 0.15) is 16.6 Å². The molecule has 0 aliphatic heterocycles. The predicted molar refractivity (Wildman–Crippen MR) is 88.5 cm³/mol. The third kappa shape index (κ3) is 3.39. The summed E-state index contributed by atoms with van der Waals surface area (Å²) < 4.78 is 28.1. The van der Waals surface area contributed by atoms with Gasteiger partial charge in [-0.05, 0) is 40.2 Å². The molecule has 2 aromatic carbocycles. The summed E-state index contributed by atoms with van der Waals surface area (Å²) in [6.45, 7) is 0.0662. The SMILES string of the molecule is CN(Cc1c(F)ccc(Br)c1F)c1ccccc1C(N)=S. The summed E-state index contributed by atoms with van der Waals surface area (Å²) in [6.07, 6.45) is 0. The standard InChI is InChI=1S/C15H13BrF2N2S/c1-20(13-5-3-2-4-9(13)15(19)21)8-10-12(17)7-6-11(16)14(10)18/h2-7H,8H2,1H3,(H2,19,21). The minimum Gasteiger partial charge on any atom is -0.389 e. The van der Waals surface area contributed by atoms with E-state index in [2.05, 4.69) is 15.9 Å². The van der Waals surface area contributed by atoms with Crippen LogP contribution in [0.15, 0.2) is 40.9 Å². The molecule has 110 valence electrons. The molecular weight excluding hydrogens is 358 g/mol. The van der Waals surface area contributed by atoms with Crippen LogP contribution in [-0.2, 0) is 6.54 Å². The number of nitrogens with zero attached hydrogens (tertiary/aromatic N) is 1. The monoisotopic (exact) mass is 370 g/mol. The lowest BCUT2D eigenvalue weighted by atomic mass is 10.1. The molecule has 0 radical (unpaired) electrons. The van der Waals surface area contributed by atoms with E-state index in [4.69, 9.17) is 18.0 Å². The first kappa shape index (κ1) is 15.9. The van der Waals surface area contributed by atoms with E-state index < -0.39 is 11.6 Å². The molecule has 0 bridgehead atoms. The summed E-state index contributed by atoms with van der Waals surface area (Å²) in [5.41, 5.74) is 7.07. The molecule has 2 N–H and O–H groups in total. The largest absolute Gasteiger partial charge is 0.389 e. The molecule has 0 atom stereocenters. The fraction of sp³-hybridized carbons (Fsp3) is 0.133. The van der Waals surface area contributed by atoms with Gasteiger partial charge in [0, 0.05) is 30.4 Å². The van der Waals surface area contributed by atoms with Gasteiger partial charge in [-0.15, -0.1) is 0 Å². The predicted octanol–water partition coefficient (Wildman–Crippen LogP) is 4.00. The van der Waals surface area contributed by atoms with Crippen LogP contribution in [0, 0.1) is 11.6 Å². The molecule has 2 rings (SSSR count). The van der Waals surface area contributed by atoms with E-state index in [0.717, 1.165) is 5.69 Å². The van der Waals surface area contributed by atoms with Crippen molar-refractivity contribution in [3.63, 3.8) is 0 Å². The van der Waals surface area contributed by atoms with Gasteiger partial charge in [0.25, 0.3) is 0 Å². The van der Waals surface area contributed by atoms with Crippen molar-refractivity contribution < 1.29 is 8.78 Å². The molecular formula is C15H13BrF2N2S. The van der Waals surface area contributed by atoms with Crippen molar-refractivity contribution in [1.82, 2.24) is 0 Å². The van der Waals surface area contributed by atoms with Crippen molar-refractivity contribution in [3.05, 3.63) is 63.6 Å². The van der Waals surface area contributed by atoms with Gasteiger partial charge in [-0.1, -0.05) is 24.4 Å². The highest BCUT2D eigenvalue weighted by molar-refractivity contribution is 9.10. The number of halogens is 3. The number of thiocarbonyl (C=S) groups is 1. The smallest absolute Gasteiger partial charge is 0.145 e. The van der Waals surface area contributed by atoms with Gasteiger partial charge in [-0.2, -0.15) is 0 Å². The van der Waals surface area contributed by atoms with Crippen molar-refractivity contribution in [3.8, 4) is 0 Å². The molecule has 2 aromatic rings. The lowest BCUT2D eigenvalue weighted by Crippen LogP contribution is -2.22. The van der Waals surface area contributed by atoms with E-state index >= 15 is 0 Å². The van der Waals surface area contributed by atoms with Crippen LogP contribution in [0.3, 0.4) is 0 Å². The van der Waals surface area contributed by atoms with Crippen molar-refractivity contribution in [1.29, 1.82) is 0 Å². The van der Waals surface area contributed by atoms with Gasteiger partial charge in [0.15, 0.2) is 0 Å². The third-order valence-electron chi connectivity index (χ3n) is 3.11. The summed E-state index contributed by atoms with van der Waals surface area (Å²) in [6, 6.07) is 9.80. The van der Waals surface area contributed by atoms with Gasteiger partial charge in [0.2, 0.25) is 0 Å². The van der Waals surface area contributed by atoms with Crippen molar-refractivity contribution in [2.75, 3.05) is 11.9 Å². The zero-order valence-corrected chi connectivity index (χ0v) is 13.6. The maximum atomic E-state index is 14.0. The van der Waals surface area contributed by atoms with Gasteiger partial charge < -0.3 is 10.6 Å². The zero-order valence-electron chi connectivity index (χ0n) is 11.2. The fourth-order valence-electron chi connectivity index (χ4n) is 2.05. The summed E-state index contributed by atoms with van der Waals surface area (Å²) >= 11 is 8.06. The normalized spacial score (nSPS) is 10.5. The molecule has 0 saturated carbocycles. The Labute approximate surface area is 135 Å². The molecule has 0 spiro atoms. The third-order valence-corrected chi connectivity index (χ3v) is 3.95. The number of nitrogens with two attached hydrogens (primary N) is 1. The molecule has 2 nitrogen and oxygen atoms in total. The molecule has 0 aliphatic carbocycles. The lowest BCUT2D eigenvalue weighted by molar-refractivity contribution is 0.549. The van der Waals surface area contributed by atoms with Crippen LogP contribution in [-0.4, -0.2) is 12.0 Å². The Kier molecular flexibility index (Phi) is 4.90. The Hall–Kier alpha value is -1.53. The number of anilines is 1. The van der Waals surface area contributed by atoms with Crippen LogP contribution in [0.1, 0.15) is 11.1 Å². The average molecular weight is 371 g/mol. The second-order valence-electron chi connectivity index (χ2n) is 4.56. The van der Waals surface area contributed by atoms with Crippen LogP contribution in [0.2, 0.25) is 0 Å². The molecule has 0 aromatic heterocycles. The number of hydrogen-bond donors (Lipinski definition) is 1. The molecule has 0 fully saturated rings. The first-order chi connectivity index (χ1) is 9.91. The van der Waals surface area contributed by atoms with Crippen LogP contribution >= 0.6 is 28.1 Å². The van der Waals surface area contributed by atoms with Crippen LogP contribution < -0.4 is 10.6 Å². The fourth-order valence-corrected chi connectivity index (χ4v) is 2.60. The highest BCUT2D eigenvalue weighted by Crippen LogP contribution is 2.26. The Morgan fingerprint density at radius 3 is 2.57 bits per heavy atom. The Morgan fingerprint density at radius 1 is 1.24 bits per heavy atom.